The highest BCUT2D eigenvalue weighted by molar-refractivity contribution is 5.65. The Morgan fingerprint density at radius 3 is 2.08 bits per heavy atom. The van der Waals surface area contributed by atoms with Gasteiger partial charge in [0, 0.05) is 18.8 Å². The molecule has 2 heteroatoms. The number of aldehydes is 1. The van der Waals surface area contributed by atoms with Gasteiger partial charge in [0.15, 0.2) is 0 Å². The van der Waals surface area contributed by atoms with E-state index in [-0.39, 0.29) is 0 Å². The van der Waals surface area contributed by atoms with E-state index in [1.807, 2.05) is 6.92 Å². The summed E-state index contributed by atoms with van der Waals surface area (Å²) in [6.45, 7) is 8.38. The summed E-state index contributed by atoms with van der Waals surface area (Å²) in [4.78, 5) is 12.5. The smallest absolute Gasteiger partial charge is 0.144 e. The van der Waals surface area contributed by atoms with E-state index >= 15 is 0 Å². The molecule has 0 aromatic rings. The van der Waals surface area contributed by atoms with E-state index in [1.54, 1.807) is 6.08 Å². The Morgan fingerprint density at radius 2 is 1.75 bits per heavy atom. The Kier molecular flexibility index (Phi) is 6.44. The van der Waals surface area contributed by atoms with Gasteiger partial charge in [-0.15, -0.1) is 0 Å². The van der Waals surface area contributed by atoms with Gasteiger partial charge in [0.2, 0.25) is 0 Å². The van der Waals surface area contributed by atoms with Crippen LogP contribution in [0, 0.1) is 0 Å². The van der Waals surface area contributed by atoms with Crippen molar-refractivity contribution in [2.45, 2.75) is 33.6 Å². The molecule has 0 aliphatic rings. The highest BCUT2D eigenvalue weighted by atomic mass is 16.1. The first-order valence-electron chi connectivity index (χ1n) is 4.63. The van der Waals surface area contributed by atoms with E-state index in [0.29, 0.717) is 0 Å². The zero-order chi connectivity index (χ0) is 9.40. The molecule has 12 heavy (non-hydrogen) atoms. The Hall–Kier alpha value is -0.790. The molecule has 70 valence electrons. The molecule has 0 aromatic heterocycles. The summed E-state index contributed by atoms with van der Waals surface area (Å²) in [5.74, 6) is 0. The van der Waals surface area contributed by atoms with Gasteiger partial charge in [-0.1, -0.05) is 13.8 Å². The van der Waals surface area contributed by atoms with Crippen molar-refractivity contribution in [2.24, 2.45) is 0 Å². The van der Waals surface area contributed by atoms with Gasteiger partial charge in [-0.25, -0.2) is 0 Å². The molecule has 0 saturated heterocycles. The van der Waals surface area contributed by atoms with Crippen molar-refractivity contribution in [1.29, 1.82) is 0 Å². The second-order valence-electron chi connectivity index (χ2n) is 2.93. The fraction of sp³-hybridized carbons (Fsp3) is 0.700. The molecule has 0 aliphatic heterocycles. The average molecular weight is 169 g/mol. The number of carbonyl (C=O) groups excluding carboxylic acids is 1. The Morgan fingerprint density at radius 1 is 1.25 bits per heavy atom. The SMILES string of the molecule is CCCN(CCC)C(C)=CC=O. The van der Waals surface area contributed by atoms with E-state index in [1.165, 1.54) is 0 Å². The van der Waals surface area contributed by atoms with Crippen molar-refractivity contribution < 1.29 is 4.79 Å². The monoisotopic (exact) mass is 169 g/mol. The van der Waals surface area contributed by atoms with Crippen molar-refractivity contribution in [3.63, 3.8) is 0 Å². The lowest BCUT2D eigenvalue weighted by Crippen LogP contribution is -2.23. The van der Waals surface area contributed by atoms with Crippen molar-refractivity contribution in [1.82, 2.24) is 4.90 Å². The quantitative estimate of drug-likeness (QED) is 0.449. The first kappa shape index (κ1) is 11.2. The van der Waals surface area contributed by atoms with E-state index in [9.17, 15) is 4.79 Å². The van der Waals surface area contributed by atoms with Crippen LogP contribution in [0.15, 0.2) is 11.8 Å². The maximum Gasteiger partial charge on any atom is 0.144 e. The number of carbonyl (C=O) groups is 1. The molecule has 0 aromatic carbocycles. The van der Waals surface area contributed by atoms with Crippen LogP contribution in [-0.2, 0) is 4.79 Å². The second-order valence-corrected chi connectivity index (χ2v) is 2.93. The minimum absolute atomic E-state index is 0.855. The number of rotatable bonds is 6. The lowest BCUT2D eigenvalue weighted by Gasteiger charge is -2.23. The molecule has 0 amide bonds. The van der Waals surface area contributed by atoms with E-state index in [0.717, 1.165) is 37.9 Å². The van der Waals surface area contributed by atoms with Gasteiger partial charge >= 0.3 is 0 Å². The number of allylic oxidation sites excluding steroid dienone is 2. The van der Waals surface area contributed by atoms with E-state index in [4.69, 9.17) is 0 Å². The molecule has 0 N–H and O–H groups in total. The highest BCUT2D eigenvalue weighted by Gasteiger charge is 2.01. The van der Waals surface area contributed by atoms with Crippen LogP contribution >= 0.6 is 0 Å². The lowest BCUT2D eigenvalue weighted by atomic mass is 10.3. The molecule has 0 fully saturated rings. The fourth-order valence-corrected chi connectivity index (χ4v) is 1.21. The number of nitrogens with zero attached hydrogens (tertiary/aromatic N) is 1. The highest BCUT2D eigenvalue weighted by Crippen LogP contribution is 2.04. The maximum absolute atomic E-state index is 10.2. The van der Waals surface area contributed by atoms with Crippen molar-refractivity contribution in [3.8, 4) is 0 Å². The van der Waals surface area contributed by atoms with Crippen LogP contribution in [0.1, 0.15) is 33.6 Å². The minimum Gasteiger partial charge on any atom is -0.375 e. The predicted octanol–water partition coefficient (Wildman–Crippen LogP) is 2.21. The lowest BCUT2D eigenvalue weighted by molar-refractivity contribution is -0.104. The normalized spacial score (nSPS) is 11.4. The molecule has 0 aliphatic carbocycles. The summed E-state index contributed by atoms with van der Waals surface area (Å²) < 4.78 is 0. The van der Waals surface area contributed by atoms with Crippen LogP contribution in [0.5, 0.6) is 0 Å². The molecule has 0 bridgehead atoms. The van der Waals surface area contributed by atoms with E-state index in [2.05, 4.69) is 18.7 Å². The average Bonchev–Trinajstić information content (AvgIpc) is 2.04. The van der Waals surface area contributed by atoms with Gasteiger partial charge in [0.1, 0.15) is 6.29 Å². The summed E-state index contributed by atoms with van der Waals surface area (Å²) in [6.07, 6.45) is 4.74. The largest absolute Gasteiger partial charge is 0.375 e. The molecule has 0 rings (SSSR count). The van der Waals surface area contributed by atoms with Gasteiger partial charge in [-0.3, -0.25) is 4.79 Å². The van der Waals surface area contributed by atoms with Crippen LogP contribution in [-0.4, -0.2) is 24.3 Å². The molecular weight excluding hydrogens is 150 g/mol. The third kappa shape index (κ3) is 4.16. The molecular formula is C10H19NO. The maximum atomic E-state index is 10.2. The first-order valence-corrected chi connectivity index (χ1v) is 4.63. The Balaban J connectivity index is 4.07. The third-order valence-corrected chi connectivity index (χ3v) is 1.80. The van der Waals surface area contributed by atoms with Crippen LogP contribution in [0.25, 0.3) is 0 Å². The molecule has 0 atom stereocenters. The zero-order valence-corrected chi connectivity index (χ0v) is 8.34. The standard InChI is InChI=1S/C10H19NO/c1-4-7-11(8-5-2)10(3)6-9-12/h6,9H,4-5,7-8H2,1-3H3. The topological polar surface area (TPSA) is 20.3 Å². The molecule has 0 unspecified atom stereocenters. The minimum atomic E-state index is 0.855. The molecule has 0 spiro atoms. The molecule has 2 nitrogen and oxygen atoms in total. The van der Waals surface area contributed by atoms with Crippen molar-refractivity contribution in [3.05, 3.63) is 11.8 Å². The van der Waals surface area contributed by atoms with E-state index < -0.39 is 0 Å². The number of hydrogen-bond acceptors (Lipinski definition) is 2. The summed E-state index contributed by atoms with van der Waals surface area (Å²) in [6, 6.07) is 0. The van der Waals surface area contributed by atoms with Gasteiger partial charge in [-0.2, -0.15) is 0 Å². The number of hydrogen-bond donors (Lipinski definition) is 0. The zero-order valence-electron chi connectivity index (χ0n) is 8.34. The molecule has 0 radical (unpaired) electrons. The Labute approximate surface area is 75.3 Å². The van der Waals surface area contributed by atoms with Crippen LogP contribution in [0.3, 0.4) is 0 Å². The second kappa shape index (κ2) is 6.89. The predicted molar refractivity (Wildman–Crippen MR) is 52.0 cm³/mol. The van der Waals surface area contributed by atoms with Crippen molar-refractivity contribution in [2.75, 3.05) is 13.1 Å². The third-order valence-electron chi connectivity index (χ3n) is 1.80. The molecule has 0 heterocycles. The van der Waals surface area contributed by atoms with Crippen LogP contribution in [0.2, 0.25) is 0 Å². The van der Waals surface area contributed by atoms with Gasteiger partial charge in [-0.05, 0) is 25.8 Å². The van der Waals surface area contributed by atoms with Crippen LogP contribution in [0.4, 0.5) is 0 Å². The van der Waals surface area contributed by atoms with Crippen LogP contribution < -0.4 is 0 Å². The summed E-state index contributed by atoms with van der Waals surface area (Å²) >= 11 is 0. The van der Waals surface area contributed by atoms with Gasteiger partial charge in [0.05, 0.1) is 0 Å². The van der Waals surface area contributed by atoms with Crippen molar-refractivity contribution >= 4 is 6.29 Å². The molecule has 0 saturated carbocycles. The van der Waals surface area contributed by atoms with Gasteiger partial charge < -0.3 is 4.90 Å². The van der Waals surface area contributed by atoms with Gasteiger partial charge in [0.25, 0.3) is 0 Å². The fourth-order valence-electron chi connectivity index (χ4n) is 1.21. The summed E-state index contributed by atoms with van der Waals surface area (Å²) in [5, 5.41) is 0. The first-order chi connectivity index (χ1) is 5.76. The summed E-state index contributed by atoms with van der Waals surface area (Å²) in [7, 11) is 0. The Bertz CT molecular complexity index is 146. The summed E-state index contributed by atoms with van der Waals surface area (Å²) in [5.41, 5.74) is 1.08.